The summed E-state index contributed by atoms with van der Waals surface area (Å²) in [6.07, 6.45) is 10.0. The number of halogens is 1. The van der Waals surface area contributed by atoms with Crippen LogP contribution in [0.1, 0.15) is 65.3 Å². The zero-order valence-corrected chi connectivity index (χ0v) is 21.9. The van der Waals surface area contributed by atoms with Crippen LogP contribution in [0.15, 0.2) is 48.9 Å². The highest BCUT2D eigenvalue weighted by atomic mass is 35.5. The van der Waals surface area contributed by atoms with E-state index in [9.17, 15) is 19.2 Å². The van der Waals surface area contributed by atoms with Gasteiger partial charge in [-0.15, -0.1) is 0 Å². The number of nitrogens with one attached hydrogen (secondary N) is 2. The summed E-state index contributed by atoms with van der Waals surface area (Å²) in [5.74, 6) is -1.36. The second kappa shape index (κ2) is 10.3. The Balaban J connectivity index is 0.975. The van der Waals surface area contributed by atoms with Crippen LogP contribution in [0.4, 0.5) is 5.69 Å². The first-order chi connectivity index (χ1) is 18.9. The van der Waals surface area contributed by atoms with E-state index in [1.807, 2.05) is 23.1 Å². The highest BCUT2D eigenvalue weighted by molar-refractivity contribution is 6.30. The highest BCUT2D eigenvalue weighted by Crippen LogP contribution is 2.40. The molecule has 1 saturated carbocycles. The lowest BCUT2D eigenvalue weighted by Crippen LogP contribution is -2.54. The summed E-state index contributed by atoms with van der Waals surface area (Å²) in [5.41, 5.74) is 3.09. The number of amides is 4. The summed E-state index contributed by atoms with van der Waals surface area (Å²) in [6.45, 7) is 0.741. The van der Waals surface area contributed by atoms with Crippen molar-refractivity contribution in [1.29, 1.82) is 0 Å². The van der Waals surface area contributed by atoms with Crippen molar-refractivity contribution in [3.63, 3.8) is 0 Å². The molecule has 0 spiro atoms. The lowest BCUT2D eigenvalue weighted by Gasteiger charge is -2.35. The van der Waals surface area contributed by atoms with Crippen molar-refractivity contribution in [2.75, 3.05) is 11.9 Å². The van der Waals surface area contributed by atoms with Crippen LogP contribution in [0.25, 0.3) is 11.3 Å². The molecule has 1 aromatic carbocycles. The normalized spacial score (nSPS) is 22.5. The molecule has 2 aliphatic heterocycles. The van der Waals surface area contributed by atoms with Crippen molar-refractivity contribution in [1.82, 2.24) is 25.0 Å². The van der Waals surface area contributed by atoms with Gasteiger partial charge in [-0.3, -0.25) is 39.1 Å². The fraction of sp³-hybridized carbons (Fsp3) is 0.357. The maximum Gasteiger partial charge on any atom is 0.262 e. The number of benzene rings is 1. The molecule has 11 heteroatoms. The molecule has 1 saturated heterocycles. The number of carbonyl (C=O) groups is 4. The number of pyridine rings is 1. The third kappa shape index (κ3) is 4.92. The highest BCUT2D eigenvalue weighted by Gasteiger charge is 2.44. The molecule has 1 aliphatic carbocycles. The monoisotopic (exact) mass is 546 g/mol. The minimum atomic E-state index is -0.959. The number of carbonyl (C=O) groups excluding carboxylic acids is 4. The molecule has 39 heavy (non-hydrogen) atoms. The Hall–Kier alpha value is -4.05. The van der Waals surface area contributed by atoms with Crippen LogP contribution in [-0.4, -0.2) is 55.9 Å². The third-order valence-corrected chi connectivity index (χ3v) is 8.00. The largest absolute Gasteiger partial charge is 0.385 e. The summed E-state index contributed by atoms with van der Waals surface area (Å²) >= 11 is 6.08. The predicted molar refractivity (Wildman–Crippen MR) is 143 cm³/mol. The Kier molecular flexibility index (Phi) is 6.64. The van der Waals surface area contributed by atoms with Gasteiger partial charge in [0.25, 0.3) is 11.8 Å². The molecule has 6 rings (SSSR count). The molecular formula is C28H27ClN6O4. The van der Waals surface area contributed by atoms with Gasteiger partial charge in [0, 0.05) is 41.6 Å². The van der Waals surface area contributed by atoms with E-state index < -0.39 is 29.7 Å². The maximum absolute atomic E-state index is 13.0. The van der Waals surface area contributed by atoms with Crippen molar-refractivity contribution in [3.8, 4) is 11.3 Å². The Labute approximate surface area is 229 Å². The lowest BCUT2D eigenvalue weighted by molar-refractivity contribution is -0.136. The Morgan fingerprint density at radius 3 is 2.67 bits per heavy atom. The van der Waals surface area contributed by atoms with Gasteiger partial charge in [0.2, 0.25) is 11.8 Å². The number of imide groups is 2. The Morgan fingerprint density at radius 1 is 1.05 bits per heavy atom. The minimum Gasteiger partial charge on any atom is -0.385 e. The SMILES string of the molecule is O=C1CCC(N2C(=O)c3ccc(NCCCC4CC(n5cc(-c6cc(Cl)ccn6)cn5)C4)cc3C2=O)C(=O)N1. The van der Waals surface area contributed by atoms with Gasteiger partial charge in [-0.1, -0.05) is 11.6 Å². The average Bonchev–Trinajstić information content (AvgIpc) is 3.46. The van der Waals surface area contributed by atoms with Crippen molar-refractivity contribution in [2.24, 2.45) is 5.92 Å². The molecule has 0 radical (unpaired) electrons. The van der Waals surface area contributed by atoms with E-state index in [1.54, 1.807) is 30.5 Å². The van der Waals surface area contributed by atoms with Crippen molar-refractivity contribution in [3.05, 3.63) is 65.1 Å². The van der Waals surface area contributed by atoms with Crippen molar-refractivity contribution >= 4 is 40.9 Å². The van der Waals surface area contributed by atoms with Crippen LogP contribution in [0.3, 0.4) is 0 Å². The van der Waals surface area contributed by atoms with E-state index in [-0.39, 0.29) is 24.0 Å². The fourth-order valence-corrected chi connectivity index (χ4v) is 5.75. The van der Waals surface area contributed by atoms with Gasteiger partial charge >= 0.3 is 0 Å². The van der Waals surface area contributed by atoms with Gasteiger partial charge in [0.15, 0.2) is 0 Å². The van der Waals surface area contributed by atoms with Gasteiger partial charge in [-0.2, -0.15) is 5.10 Å². The topological polar surface area (TPSA) is 126 Å². The van der Waals surface area contributed by atoms with E-state index >= 15 is 0 Å². The van der Waals surface area contributed by atoms with E-state index in [0.29, 0.717) is 17.0 Å². The van der Waals surface area contributed by atoms with Crippen LogP contribution in [-0.2, 0) is 9.59 Å². The van der Waals surface area contributed by atoms with Crippen LogP contribution in [0.5, 0.6) is 0 Å². The molecule has 200 valence electrons. The molecule has 2 fully saturated rings. The standard InChI is InChI=1S/C28H27ClN6O4/c29-18-7-9-31-23(12-18)17-14-32-34(15-17)20-10-16(11-20)2-1-8-30-19-3-4-21-22(13-19)28(39)35(27(21)38)24-5-6-25(36)33-26(24)37/h3-4,7,9,12-16,20,24,30H,1-2,5-6,8,10-11H2,(H,33,36,37). The molecule has 1 unspecified atom stereocenters. The van der Waals surface area contributed by atoms with E-state index in [1.165, 1.54) is 0 Å². The minimum absolute atomic E-state index is 0.0990. The quantitative estimate of drug-likeness (QED) is 0.324. The van der Waals surface area contributed by atoms with Gasteiger partial charge in [-0.05, 0) is 68.4 Å². The van der Waals surface area contributed by atoms with Crippen LogP contribution in [0.2, 0.25) is 5.02 Å². The molecule has 4 heterocycles. The number of nitrogens with zero attached hydrogens (tertiary/aromatic N) is 4. The van der Waals surface area contributed by atoms with E-state index in [2.05, 4.69) is 20.7 Å². The van der Waals surface area contributed by atoms with Gasteiger partial charge in [-0.25, -0.2) is 0 Å². The smallest absolute Gasteiger partial charge is 0.262 e. The molecule has 3 aliphatic rings. The van der Waals surface area contributed by atoms with E-state index in [0.717, 1.165) is 54.1 Å². The number of anilines is 1. The van der Waals surface area contributed by atoms with Gasteiger partial charge in [0.1, 0.15) is 6.04 Å². The first-order valence-corrected chi connectivity index (χ1v) is 13.5. The van der Waals surface area contributed by atoms with Crippen LogP contribution in [0, 0.1) is 5.92 Å². The zero-order chi connectivity index (χ0) is 27.1. The summed E-state index contributed by atoms with van der Waals surface area (Å²) in [7, 11) is 0. The molecule has 10 nitrogen and oxygen atoms in total. The van der Waals surface area contributed by atoms with Crippen molar-refractivity contribution < 1.29 is 19.2 Å². The van der Waals surface area contributed by atoms with Crippen LogP contribution >= 0.6 is 11.6 Å². The molecule has 4 amide bonds. The van der Waals surface area contributed by atoms with E-state index in [4.69, 9.17) is 11.6 Å². The molecule has 1 atom stereocenters. The molecule has 2 aromatic heterocycles. The summed E-state index contributed by atoms with van der Waals surface area (Å²) in [4.78, 5) is 54.9. The Bertz CT molecular complexity index is 1480. The first-order valence-electron chi connectivity index (χ1n) is 13.1. The lowest BCUT2D eigenvalue weighted by atomic mass is 9.77. The number of aromatic nitrogens is 3. The Morgan fingerprint density at radius 2 is 1.87 bits per heavy atom. The zero-order valence-electron chi connectivity index (χ0n) is 21.1. The summed E-state index contributed by atoms with van der Waals surface area (Å²) in [5, 5.41) is 10.7. The fourth-order valence-electron chi connectivity index (χ4n) is 5.59. The number of rotatable bonds is 8. The van der Waals surface area contributed by atoms with Crippen molar-refractivity contribution in [2.45, 2.75) is 50.6 Å². The molecule has 0 bridgehead atoms. The number of fused-ring (bicyclic) bond motifs is 1. The maximum atomic E-state index is 13.0. The van der Waals surface area contributed by atoms with Gasteiger partial charge in [0.05, 0.1) is 29.1 Å². The summed E-state index contributed by atoms with van der Waals surface area (Å²) in [6, 6.07) is 8.10. The predicted octanol–water partition coefficient (Wildman–Crippen LogP) is 3.84. The number of hydrogen-bond donors (Lipinski definition) is 2. The number of hydrogen-bond acceptors (Lipinski definition) is 7. The third-order valence-electron chi connectivity index (χ3n) is 7.76. The second-order valence-corrected chi connectivity index (χ2v) is 10.8. The first kappa shape index (κ1) is 25.2. The number of piperidine rings is 1. The second-order valence-electron chi connectivity index (χ2n) is 10.3. The molecular weight excluding hydrogens is 520 g/mol. The molecule has 2 N–H and O–H groups in total. The van der Waals surface area contributed by atoms with Crippen LogP contribution < -0.4 is 10.6 Å². The van der Waals surface area contributed by atoms with Gasteiger partial charge < -0.3 is 5.32 Å². The average molecular weight is 547 g/mol. The summed E-state index contributed by atoms with van der Waals surface area (Å²) < 4.78 is 2.02. The molecule has 3 aromatic rings.